The minimum Gasteiger partial charge on any atom is -0.462 e. The van der Waals surface area contributed by atoms with Crippen molar-refractivity contribution in [3.05, 3.63) is 36.5 Å². The van der Waals surface area contributed by atoms with Crippen LogP contribution in [0, 0.1) is 0 Å². The molecule has 0 aliphatic rings. The number of rotatable bonds is 22. The highest BCUT2D eigenvalue weighted by Gasteiger charge is 2.50. The predicted octanol–water partition coefficient (Wildman–Crippen LogP) is 7.07. The molecule has 248 valence electrons. The summed E-state index contributed by atoms with van der Waals surface area (Å²) in [6, 6.07) is 0. The van der Waals surface area contributed by atoms with Crippen molar-refractivity contribution in [2.24, 2.45) is 0 Å². The molecule has 0 atom stereocenters. The van der Waals surface area contributed by atoms with Crippen LogP contribution in [0.1, 0.15) is 59.3 Å². The minimum absolute atomic E-state index is 0.241. The van der Waals surface area contributed by atoms with Gasteiger partial charge in [0.05, 0.1) is 19.8 Å². The lowest BCUT2D eigenvalue weighted by Gasteiger charge is -2.48. The van der Waals surface area contributed by atoms with Gasteiger partial charge in [0, 0.05) is 16.7 Å². The molecule has 0 rings (SSSR count). The van der Waals surface area contributed by atoms with Crippen molar-refractivity contribution < 1.29 is 40.9 Å². The molecule has 0 spiro atoms. The van der Waals surface area contributed by atoms with Crippen molar-refractivity contribution in [2.75, 3.05) is 19.8 Å². The predicted molar refractivity (Wildman–Crippen MR) is 182 cm³/mol. The second kappa shape index (κ2) is 18.4. The molecule has 9 nitrogen and oxygen atoms in total. The van der Waals surface area contributed by atoms with Crippen LogP contribution in [0.25, 0.3) is 0 Å². The van der Waals surface area contributed by atoms with Gasteiger partial charge < -0.3 is 26.6 Å². The number of carbonyl (C=O) groups excluding carboxylic acids is 3. The first-order valence-electron chi connectivity index (χ1n) is 15.0. The van der Waals surface area contributed by atoms with Gasteiger partial charge in [-0.2, -0.15) is 0 Å². The largest absolute Gasteiger partial charge is 0.462 e. The van der Waals surface area contributed by atoms with Crippen molar-refractivity contribution in [2.45, 2.75) is 117 Å². The van der Waals surface area contributed by atoms with E-state index >= 15 is 0 Å². The average Bonchev–Trinajstić information content (AvgIpc) is 2.82. The third-order valence-electron chi connectivity index (χ3n) is 6.71. The van der Waals surface area contributed by atoms with E-state index < -0.39 is 52.4 Å². The lowest BCUT2D eigenvalue weighted by atomic mass is 9.91. The molecule has 0 N–H and O–H groups in total. The SMILES string of the molecule is C=C(C)C(=O)OCCCC(CCCOC(=O)C(=C)C)(CCCOC(=O)C(=C)C)[Si](C)(C)O[SiH](O[Si](C)(C)C)O[Si](C)(C)C. The molecule has 0 aromatic heterocycles. The number of hydrogen-bond donors (Lipinski definition) is 0. The van der Waals surface area contributed by atoms with E-state index in [0.29, 0.717) is 55.2 Å². The van der Waals surface area contributed by atoms with Gasteiger partial charge in [-0.15, -0.1) is 0 Å². The quantitative estimate of drug-likeness (QED) is 0.0392. The Balaban J connectivity index is 6.36. The summed E-state index contributed by atoms with van der Waals surface area (Å²) in [5, 5.41) is -0.356. The van der Waals surface area contributed by atoms with Gasteiger partial charge in [-0.25, -0.2) is 14.4 Å². The Hall–Kier alpha value is -1.62. The summed E-state index contributed by atoms with van der Waals surface area (Å²) in [5.41, 5.74) is 1.05. The third-order valence-corrected chi connectivity index (χ3v) is 20.3. The molecule has 0 fully saturated rings. The van der Waals surface area contributed by atoms with Crippen molar-refractivity contribution in [1.82, 2.24) is 0 Å². The fourth-order valence-corrected chi connectivity index (χ4v) is 16.1. The number of ether oxygens (including phenoxy) is 3. The molecule has 0 aromatic carbocycles. The Kier molecular flexibility index (Phi) is 17.7. The van der Waals surface area contributed by atoms with Gasteiger partial charge in [0.25, 0.3) is 0 Å². The van der Waals surface area contributed by atoms with Gasteiger partial charge in [-0.3, -0.25) is 0 Å². The molecule has 0 radical (unpaired) electrons. The Bertz CT molecular complexity index is 882. The molecule has 0 aliphatic heterocycles. The molecule has 13 heteroatoms. The van der Waals surface area contributed by atoms with Gasteiger partial charge in [-0.1, -0.05) is 19.7 Å². The van der Waals surface area contributed by atoms with Crippen LogP contribution in [0.15, 0.2) is 36.5 Å². The smallest absolute Gasteiger partial charge is 0.452 e. The zero-order valence-electron chi connectivity index (χ0n) is 28.7. The van der Waals surface area contributed by atoms with Crippen LogP contribution in [0.5, 0.6) is 0 Å². The summed E-state index contributed by atoms with van der Waals surface area (Å²) in [5.74, 6) is -1.26. The highest BCUT2D eigenvalue weighted by Crippen LogP contribution is 2.52. The van der Waals surface area contributed by atoms with E-state index in [-0.39, 0.29) is 24.9 Å². The van der Waals surface area contributed by atoms with E-state index in [9.17, 15) is 14.4 Å². The third kappa shape index (κ3) is 17.5. The van der Waals surface area contributed by atoms with Gasteiger partial charge in [0.2, 0.25) is 0 Å². The van der Waals surface area contributed by atoms with Crippen molar-refractivity contribution in [3.8, 4) is 0 Å². The zero-order valence-corrected chi connectivity index (χ0v) is 32.9. The fraction of sp³-hybridized carbons (Fsp3) is 0.700. The van der Waals surface area contributed by atoms with E-state index in [1.807, 2.05) is 0 Å². The summed E-state index contributed by atoms with van der Waals surface area (Å²) < 4.78 is 36.5. The first-order valence-corrected chi connectivity index (χ1v) is 26.2. The molecule has 0 heterocycles. The summed E-state index contributed by atoms with van der Waals surface area (Å²) in [6.45, 7) is 33.8. The maximum Gasteiger partial charge on any atom is 0.452 e. The zero-order chi connectivity index (χ0) is 33.6. The second-order valence-electron chi connectivity index (χ2n) is 13.7. The second-order valence-corrected chi connectivity index (χ2v) is 29.7. The van der Waals surface area contributed by atoms with Crippen LogP contribution in [-0.2, 0) is 40.9 Å². The van der Waals surface area contributed by atoms with Crippen LogP contribution >= 0.6 is 0 Å². The van der Waals surface area contributed by atoms with Gasteiger partial charge in [0.1, 0.15) is 0 Å². The Labute approximate surface area is 265 Å². The first kappa shape index (κ1) is 41.4. The molecule has 0 aliphatic carbocycles. The van der Waals surface area contributed by atoms with E-state index in [1.165, 1.54) is 0 Å². The van der Waals surface area contributed by atoms with Crippen LogP contribution in [0.2, 0.25) is 57.4 Å². The molecule has 0 saturated heterocycles. The highest BCUT2D eigenvalue weighted by molar-refractivity contribution is 6.84. The van der Waals surface area contributed by atoms with E-state index in [1.54, 1.807) is 20.8 Å². The summed E-state index contributed by atoms with van der Waals surface area (Å²) in [4.78, 5) is 36.2. The number of esters is 3. The van der Waals surface area contributed by atoms with Crippen LogP contribution in [0.3, 0.4) is 0 Å². The molecule has 0 aromatic rings. The molecule has 43 heavy (non-hydrogen) atoms. The lowest BCUT2D eigenvalue weighted by molar-refractivity contribution is -0.139. The van der Waals surface area contributed by atoms with Crippen molar-refractivity contribution in [1.29, 1.82) is 0 Å². The maximum atomic E-state index is 12.1. The molecular formula is C30H58O9Si4. The van der Waals surface area contributed by atoms with Gasteiger partial charge in [0.15, 0.2) is 25.0 Å². The Morgan fingerprint density at radius 3 is 1.07 bits per heavy atom. The van der Waals surface area contributed by atoms with Crippen LogP contribution < -0.4 is 0 Å². The molecule has 0 bridgehead atoms. The fourth-order valence-electron chi connectivity index (χ4n) is 4.39. The van der Waals surface area contributed by atoms with Crippen molar-refractivity contribution in [3.63, 3.8) is 0 Å². The normalized spacial score (nSPS) is 12.6. The Morgan fingerprint density at radius 1 is 0.558 bits per heavy atom. The first-order chi connectivity index (χ1) is 19.5. The molecular weight excluding hydrogens is 617 g/mol. The van der Waals surface area contributed by atoms with Gasteiger partial charge in [-0.05, 0) is 117 Å². The van der Waals surface area contributed by atoms with E-state index in [0.717, 1.165) is 0 Å². The minimum atomic E-state index is -2.66. The topological polar surface area (TPSA) is 107 Å². The van der Waals surface area contributed by atoms with Gasteiger partial charge >= 0.3 is 27.4 Å². The van der Waals surface area contributed by atoms with Crippen LogP contribution in [0.4, 0.5) is 0 Å². The summed E-state index contributed by atoms with van der Waals surface area (Å²) in [7, 11) is -9.16. The van der Waals surface area contributed by atoms with Crippen molar-refractivity contribution >= 4 is 52.4 Å². The Morgan fingerprint density at radius 2 is 0.837 bits per heavy atom. The standard InChI is InChI=1S/C30H58O9Si4/c1-24(2)27(31)34-21-15-18-30(19-16-22-35-28(32)25(3)4,20-17-23-36-29(33)26(5)6)43(13,14)39-40(37-41(7,8)9)38-42(10,11)12/h40H,1,3,5,15-23H2,2,4,6-14H3. The maximum absolute atomic E-state index is 12.1. The molecule has 0 amide bonds. The summed E-state index contributed by atoms with van der Waals surface area (Å²) >= 11 is 0. The number of hydrogen-bond acceptors (Lipinski definition) is 9. The van der Waals surface area contributed by atoms with E-state index in [2.05, 4.69) is 72.1 Å². The lowest BCUT2D eigenvalue weighted by Crippen LogP contribution is -2.55. The van der Waals surface area contributed by atoms with E-state index in [4.69, 9.17) is 26.6 Å². The van der Waals surface area contributed by atoms with Crippen LogP contribution in [-0.4, -0.2) is 72.2 Å². The molecule has 0 saturated carbocycles. The molecule has 0 unspecified atom stereocenters. The highest BCUT2D eigenvalue weighted by atomic mass is 28.5. The monoisotopic (exact) mass is 674 g/mol. The number of carbonyl (C=O) groups is 3. The average molecular weight is 675 g/mol. The summed E-state index contributed by atoms with van der Waals surface area (Å²) in [6.07, 6.45) is 3.89.